The lowest BCUT2D eigenvalue weighted by atomic mass is 9.86. The third-order valence-corrected chi connectivity index (χ3v) is 10.7. The molecular weight excluding hydrogens is 707 g/mol. The minimum absolute atomic E-state index is 0.677. The molecule has 0 bridgehead atoms. The highest BCUT2D eigenvalue weighted by atomic mass is 14.9. The summed E-state index contributed by atoms with van der Waals surface area (Å²) in [5, 5.41) is 2.05. The Balaban J connectivity index is 1.16. The molecule has 7 aromatic carbocycles. The summed E-state index contributed by atoms with van der Waals surface area (Å²) in [7, 11) is 0. The monoisotopic (exact) mass is 743 g/mol. The van der Waals surface area contributed by atoms with Gasteiger partial charge in [0.15, 0.2) is 11.6 Å². The maximum Gasteiger partial charge on any atom is 0.160 e. The van der Waals surface area contributed by atoms with Crippen LogP contribution in [0.15, 0.2) is 188 Å². The van der Waals surface area contributed by atoms with E-state index in [4.69, 9.17) is 24.9 Å². The van der Waals surface area contributed by atoms with Crippen LogP contribution in [-0.2, 0) is 0 Å². The van der Waals surface area contributed by atoms with Crippen LogP contribution in [0.25, 0.3) is 100 Å². The molecule has 0 aliphatic rings. The van der Waals surface area contributed by atoms with Crippen molar-refractivity contribution in [2.75, 3.05) is 0 Å². The lowest BCUT2D eigenvalue weighted by Gasteiger charge is -2.19. The normalized spacial score (nSPS) is 11.3. The van der Waals surface area contributed by atoms with E-state index < -0.39 is 0 Å². The molecule has 0 spiro atoms. The topological polar surface area (TPSA) is 64.5 Å². The van der Waals surface area contributed by atoms with Gasteiger partial charge in [0.2, 0.25) is 0 Å². The van der Waals surface area contributed by atoms with Gasteiger partial charge in [-0.1, -0.05) is 158 Å². The summed E-state index contributed by atoms with van der Waals surface area (Å²) in [6, 6.07) is 65.2. The van der Waals surface area contributed by atoms with Crippen LogP contribution < -0.4 is 0 Å². The van der Waals surface area contributed by atoms with Gasteiger partial charge in [0.25, 0.3) is 0 Å². The molecule has 5 heteroatoms. The highest BCUT2D eigenvalue weighted by Crippen LogP contribution is 2.43. The molecule has 0 fully saturated rings. The fourth-order valence-corrected chi connectivity index (χ4v) is 7.98. The number of aryl methyl sites for hydroxylation is 2. The van der Waals surface area contributed by atoms with Gasteiger partial charge < -0.3 is 0 Å². The van der Waals surface area contributed by atoms with Crippen LogP contribution >= 0.6 is 0 Å². The predicted molar refractivity (Wildman–Crippen MR) is 238 cm³/mol. The van der Waals surface area contributed by atoms with Crippen LogP contribution in [0.2, 0.25) is 0 Å². The number of pyridine rings is 1. The number of aromatic nitrogens is 5. The van der Waals surface area contributed by atoms with Crippen molar-refractivity contribution in [3.05, 3.63) is 199 Å². The van der Waals surface area contributed by atoms with E-state index in [-0.39, 0.29) is 0 Å². The Bertz CT molecular complexity index is 3140. The summed E-state index contributed by atoms with van der Waals surface area (Å²) in [6.07, 6.45) is 0. The number of hydrogen-bond acceptors (Lipinski definition) is 5. The Kier molecular flexibility index (Phi) is 8.88. The van der Waals surface area contributed by atoms with E-state index in [1.54, 1.807) is 0 Å². The summed E-state index contributed by atoms with van der Waals surface area (Å²) in [4.78, 5) is 25.5. The summed E-state index contributed by atoms with van der Waals surface area (Å²) < 4.78 is 0. The van der Waals surface area contributed by atoms with E-state index in [9.17, 15) is 0 Å². The van der Waals surface area contributed by atoms with E-state index in [1.807, 2.05) is 43.3 Å². The zero-order chi connectivity index (χ0) is 39.0. The van der Waals surface area contributed by atoms with Gasteiger partial charge >= 0.3 is 0 Å². The largest absolute Gasteiger partial charge is 0.258 e. The summed E-state index contributed by atoms with van der Waals surface area (Å²) in [6.45, 7) is 4.12. The van der Waals surface area contributed by atoms with Crippen LogP contribution in [0, 0.1) is 13.8 Å². The van der Waals surface area contributed by atoms with E-state index in [2.05, 4.69) is 159 Å². The molecule has 0 atom stereocenters. The van der Waals surface area contributed by atoms with Crippen LogP contribution in [0.1, 0.15) is 11.4 Å². The van der Waals surface area contributed by atoms with Crippen molar-refractivity contribution in [3.63, 3.8) is 0 Å². The van der Waals surface area contributed by atoms with Crippen LogP contribution in [0.4, 0.5) is 0 Å². The first-order valence-electron chi connectivity index (χ1n) is 19.5. The van der Waals surface area contributed by atoms with Crippen molar-refractivity contribution in [2.24, 2.45) is 0 Å². The van der Waals surface area contributed by atoms with Gasteiger partial charge in [-0.05, 0) is 72.0 Å². The molecular formula is C53H37N5. The minimum atomic E-state index is 0.677. The summed E-state index contributed by atoms with van der Waals surface area (Å²) in [5.41, 5.74) is 16.1. The number of rotatable bonds is 7. The molecule has 0 amide bonds. The average Bonchev–Trinajstić information content (AvgIpc) is 3.28. The van der Waals surface area contributed by atoms with Gasteiger partial charge in [-0.3, -0.25) is 4.98 Å². The standard InChI is InChI=1S/C53H37N5/c1-34-30-31-42(35(2)54-34)44-27-15-26-43(38-20-13-22-40(32-38)52-55-47-28-11-9-24-45(47)50(57-52)36-16-5-3-6-17-36)49(44)39-21-14-23-41(33-39)53-56-48-29-12-10-25-46(48)51(58-53)37-18-7-4-8-19-37/h3-33H,1-2H3. The molecule has 274 valence electrons. The van der Waals surface area contributed by atoms with Gasteiger partial charge in [0, 0.05) is 50.0 Å². The fourth-order valence-electron chi connectivity index (χ4n) is 7.98. The van der Waals surface area contributed by atoms with Crippen molar-refractivity contribution in [2.45, 2.75) is 13.8 Å². The van der Waals surface area contributed by atoms with Gasteiger partial charge in [-0.25, -0.2) is 19.9 Å². The fraction of sp³-hybridized carbons (Fsp3) is 0.0377. The number of para-hydroxylation sites is 2. The molecule has 10 rings (SSSR count). The van der Waals surface area contributed by atoms with Crippen LogP contribution in [0.5, 0.6) is 0 Å². The minimum Gasteiger partial charge on any atom is -0.258 e. The van der Waals surface area contributed by atoms with Gasteiger partial charge in [-0.15, -0.1) is 0 Å². The molecule has 0 aliphatic heterocycles. The van der Waals surface area contributed by atoms with E-state index in [0.717, 1.165) is 100 Å². The number of nitrogens with zero attached hydrogens (tertiary/aromatic N) is 5. The maximum absolute atomic E-state index is 5.22. The first-order chi connectivity index (χ1) is 28.6. The quantitative estimate of drug-likeness (QED) is 0.163. The van der Waals surface area contributed by atoms with Gasteiger partial charge in [0.05, 0.1) is 22.4 Å². The second kappa shape index (κ2) is 14.8. The molecule has 3 aromatic heterocycles. The SMILES string of the molecule is Cc1ccc(-c2cccc(-c3cccc(-c4nc(-c5ccccc5)c5ccccc5n4)c3)c2-c2cccc(-c3nc(-c4ccccc4)c4ccccc4n3)c2)c(C)n1. The van der Waals surface area contributed by atoms with E-state index >= 15 is 0 Å². The second-order valence-corrected chi connectivity index (χ2v) is 14.5. The Morgan fingerprint density at radius 3 is 1.36 bits per heavy atom. The molecule has 0 saturated heterocycles. The lowest BCUT2D eigenvalue weighted by Crippen LogP contribution is -1.97. The third-order valence-electron chi connectivity index (χ3n) is 10.7. The molecule has 3 heterocycles. The molecule has 0 N–H and O–H groups in total. The number of hydrogen-bond donors (Lipinski definition) is 0. The summed E-state index contributed by atoms with van der Waals surface area (Å²) >= 11 is 0. The second-order valence-electron chi connectivity index (χ2n) is 14.5. The zero-order valence-corrected chi connectivity index (χ0v) is 32.1. The molecule has 0 aliphatic carbocycles. The molecule has 58 heavy (non-hydrogen) atoms. The highest BCUT2D eigenvalue weighted by Gasteiger charge is 2.19. The zero-order valence-electron chi connectivity index (χ0n) is 32.1. The Labute approximate surface area is 337 Å². The molecule has 5 nitrogen and oxygen atoms in total. The first-order valence-corrected chi connectivity index (χ1v) is 19.5. The van der Waals surface area contributed by atoms with E-state index in [1.165, 1.54) is 0 Å². The Morgan fingerprint density at radius 2 is 0.776 bits per heavy atom. The third kappa shape index (κ3) is 6.49. The number of benzene rings is 7. The average molecular weight is 744 g/mol. The predicted octanol–water partition coefficient (Wildman–Crippen LogP) is 13.3. The van der Waals surface area contributed by atoms with Crippen molar-refractivity contribution in [3.8, 4) is 78.7 Å². The molecule has 0 unspecified atom stereocenters. The lowest BCUT2D eigenvalue weighted by molar-refractivity contribution is 1.13. The maximum atomic E-state index is 5.22. The van der Waals surface area contributed by atoms with Crippen molar-refractivity contribution >= 4 is 21.8 Å². The highest BCUT2D eigenvalue weighted by molar-refractivity contribution is 5.98. The van der Waals surface area contributed by atoms with Crippen molar-refractivity contribution in [1.82, 2.24) is 24.9 Å². The van der Waals surface area contributed by atoms with Gasteiger partial charge in [0.1, 0.15) is 0 Å². The van der Waals surface area contributed by atoms with Crippen LogP contribution in [0.3, 0.4) is 0 Å². The Morgan fingerprint density at radius 1 is 0.310 bits per heavy atom. The molecule has 0 radical (unpaired) electrons. The summed E-state index contributed by atoms with van der Waals surface area (Å²) in [5.74, 6) is 1.36. The first kappa shape index (κ1) is 34.8. The van der Waals surface area contributed by atoms with Crippen molar-refractivity contribution < 1.29 is 0 Å². The molecule has 10 aromatic rings. The van der Waals surface area contributed by atoms with Gasteiger partial charge in [-0.2, -0.15) is 0 Å². The van der Waals surface area contributed by atoms with Crippen LogP contribution in [-0.4, -0.2) is 24.9 Å². The smallest absolute Gasteiger partial charge is 0.160 e. The van der Waals surface area contributed by atoms with E-state index in [0.29, 0.717) is 11.6 Å². The Hall–Kier alpha value is -7.63. The number of fused-ring (bicyclic) bond motifs is 2. The molecule has 0 saturated carbocycles. The van der Waals surface area contributed by atoms with Crippen molar-refractivity contribution in [1.29, 1.82) is 0 Å².